The fourth-order valence-electron chi connectivity index (χ4n) is 2.51. The van der Waals surface area contributed by atoms with Crippen LogP contribution in [0.25, 0.3) is 0 Å². The maximum Gasteiger partial charge on any atom is 0.278 e. The number of nitrogens with zero attached hydrogens (tertiary/aromatic N) is 3. The number of aliphatic hydroxyl groups is 1. The Morgan fingerprint density at radius 2 is 2.09 bits per heavy atom. The van der Waals surface area contributed by atoms with Gasteiger partial charge in [0.25, 0.3) is 5.91 Å². The molecule has 0 spiro atoms. The van der Waals surface area contributed by atoms with Gasteiger partial charge < -0.3 is 5.11 Å². The van der Waals surface area contributed by atoms with Crippen molar-refractivity contribution >= 4 is 23.2 Å². The van der Waals surface area contributed by atoms with Crippen LogP contribution in [0.15, 0.2) is 53.9 Å². The third kappa shape index (κ3) is 2.38. The maximum atomic E-state index is 12.8. The minimum absolute atomic E-state index is 0.231. The van der Waals surface area contributed by atoms with Crippen LogP contribution in [0.5, 0.6) is 0 Å². The fraction of sp³-hybridized carbons (Fsp3) is 0.188. The summed E-state index contributed by atoms with van der Waals surface area (Å²) in [6.45, 7) is 1.77. The van der Waals surface area contributed by atoms with Gasteiger partial charge in [0, 0.05) is 30.1 Å². The van der Waals surface area contributed by atoms with Crippen LogP contribution in [0.3, 0.4) is 0 Å². The predicted molar refractivity (Wildman–Crippen MR) is 83.5 cm³/mol. The third-order valence-electron chi connectivity index (χ3n) is 3.54. The van der Waals surface area contributed by atoms with E-state index in [0.29, 0.717) is 21.9 Å². The molecule has 112 valence electrons. The Morgan fingerprint density at radius 1 is 1.32 bits per heavy atom. The summed E-state index contributed by atoms with van der Waals surface area (Å²) in [6, 6.07) is 10.1. The number of rotatable bonds is 2. The molecule has 1 aliphatic heterocycles. The standard InChI is InChI=1S/C16H14ClN3O2/c1-11-9-16(22,12-5-4-8-18-10-12)20(19-11)15(21)13-6-2-3-7-14(13)17/h2-8,10,22H,9H2,1H3/t16-/m0/s1. The summed E-state index contributed by atoms with van der Waals surface area (Å²) in [4.78, 5) is 16.8. The number of hydrogen-bond acceptors (Lipinski definition) is 4. The summed E-state index contributed by atoms with van der Waals surface area (Å²) in [6.07, 6.45) is 3.37. The summed E-state index contributed by atoms with van der Waals surface area (Å²) in [5, 5.41) is 16.6. The lowest BCUT2D eigenvalue weighted by Gasteiger charge is -2.31. The van der Waals surface area contributed by atoms with Gasteiger partial charge in [-0.1, -0.05) is 29.8 Å². The van der Waals surface area contributed by atoms with Crippen molar-refractivity contribution in [2.24, 2.45) is 5.10 Å². The highest BCUT2D eigenvalue weighted by atomic mass is 35.5. The Balaban J connectivity index is 2.04. The molecule has 0 fully saturated rings. The van der Waals surface area contributed by atoms with Gasteiger partial charge in [-0.2, -0.15) is 10.1 Å². The smallest absolute Gasteiger partial charge is 0.278 e. The minimum Gasteiger partial charge on any atom is -0.365 e. The van der Waals surface area contributed by atoms with E-state index in [1.807, 2.05) is 0 Å². The summed E-state index contributed by atoms with van der Waals surface area (Å²) in [7, 11) is 0. The lowest BCUT2D eigenvalue weighted by molar-refractivity contribution is -0.0767. The first-order valence-corrected chi connectivity index (χ1v) is 7.16. The molecule has 0 unspecified atom stereocenters. The highest BCUT2D eigenvalue weighted by Crippen LogP contribution is 2.36. The first-order chi connectivity index (χ1) is 10.5. The van der Waals surface area contributed by atoms with E-state index in [1.54, 1.807) is 49.5 Å². The van der Waals surface area contributed by atoms with Crippen LogP contribution in [0, 0.1) is 0 Å². The number of benzene rings is 1. The van der Waals surface area contributed by atoms with Crippen LogP contribution in [0.1, 0.15) is 29.3 Å². The summed E-state index contributed by atoms with van der Waals surface area (Å²) in [5.74, 6) is -0.450. The quantitative estimate of drug-likeness (QED) is 0.926. The molecule has 0 saturated carbocycles. The van der Waals surface area contributed by atoms with E-state index in [4.69, 9.17) is 11.6 Å². The van der Waals surface area contributed by atoms with Crippen molar-refractivity contribution < 1.29 is 9.90 Å². The average Bonchev–Trinajstić information content (AvgIpc) is 2.84. The number of aromatic nitrogens is 1. The van der Waals surface area contributed by atoms with Crippen LogP contribution >= 0.6 is 11.6 Å². The Bertz CT molecular complexity index is 748. The SMILES string of the molecule is CC1=NN(C(=O)c2ccccc2Cl)[C@@](O)(c2cccnc2)C1. The number of carbonyl (C=O) groups excluding carboxylic acids is 1. The molecular weight excluding hydrogens is 302 g/mol. The van der Waals surface area contributed by atoms with Gasteiger partial charge in [-0.05, 0) is 25.1 Å². The lowest BCUT2D eigenvalue weighted by Crippen LogP contribution is -2.43. The Hall–Kier alpha value is -2.24. The van der Waals surface area contributed by atoms with E-state index < -0.39 is 11.6 Å². The molecule has 1 atom stereocenters. The maximum absolute atomic E-state index is 12.8. The summed E-state index contributed by atoms with van der Waals surface area (Å²) < 4.78 is 0. The van der Waals surface area contributed by atoms with E-state index >= 15 is 0 Å². The van der Waals surface area contributed by atoms with Crippen molar-refractivity contribution in [2.45, 2.75) is 19.1 Å². The fourth-order valence-corrected chi connectivity index (χ4v) is 2.72. The second-order valence-electron chi connectivity index (χ2n) is 5.17. The highest BCUT2D eigenvalue weighted by molar-refractivity contribution is 6.33. The number of halogens is 1. The topological polar surface area (TPSA) is 65.8 Å². The molecule has 22 heavy (non-hydrogen) atoms. The number of carbonyl (C=O) groups is 1. The molecule has 1 amide bonds. The summed E-state index contributed by atoms with van der Waals surface area (Å²) in [5.41, 5.74) is -0.0816. The Kier molecular flexibility index (Phi) is 3.68. The molecule has 1 N–H and O–H groups in total. The molecule has 6 heteroatoms. The second kappa shape index (κ2) is 5.51. The van der Waals surface area contributed by atoms with Crippen molar-refractivity contribution in [3.63, 3.8) is 0 Å². The molecular formula is C16H14ClN3O2. The van der Waals surface area contributed by atoms with Gasteiger partial charge in [-0.3, -0.25) is 9.78 Å². The van der Waals surface area contributed by atoms with Crippen LogP contribution < -0.4 is 0 Å². The monoisotopic (exact) mass is 315 g/mol. The van der Waals surface area contributed by atoms with Gasteiger partial charge in [0.1, 0.15) is 0 Å². The molecule has 0 aliphatic carbocycles. The van der Waals surface area contributed by atoms with Crippen LogP contribution in [-0.2, 0) is 5.72 Å². The largest absolute Gasteiger partial charge is 0.365 e. The van der Waals surface area contributed by atoms with Gasteiger partial charge in [0.15, 0.2) is 5.72 Å². The normalized spacial score (nSPS) is 20.9. The van der Waals surface area contributed by atoms with Crippen molar-refractivity contribution in [2.75, 3.05) is 0 Å². The first kappa shape index (κ1) is 14.7. The number of pyridine rings is 1. The molecule has 1 aliphatic rings. The van der Waals surface area contributed by atoms with E-state index in [1.165, 1.54) is 6.20 Å². The summed E-state index contributed by atoms with van der Waals surface area (Å²) >= 11 is 6.08. The first-order valence-electron chi connectivity index (χ1n) is 6.78. The van der Waals surface area contributed by atoms with E-state index in [9.17, 15) is 9.90 Å². The van der Waals surface area contributed by atoms with Crippen LogP contribution in [0.2, 0.25) is 5.02 Å². The van der Waals surface area contributed by atoms with Crippen molar-refractivity contribution in [3.05, 3.63) is 64.9 Å². The predicted octanol–water partition coefficient (Wildman–Crippen LogP) is 2.80. The molecule has 1 aromatic carbocycles. The number of hydrogen-bond donors (Lipinski definition) is 1. The zero-order valence-corrected chi connectivity index (χ0v) is 12.7. The van der Waals surface area contributed by atoms with E-state index in [2.05, 4.69) is 10.1 Å². The molecule has 0 radical (unpaired) electrons. The zero-order valence-electron chi connectivity index (χ0n) is 11.9. The Labute approximate surface area is 132 Å². The molecule has 2 aromatic rings. The van der Waals surface area contributed by atoms with Crippen LogP contribution in [-0.4, -0.2) is 26.7 Å². The average molecular weight is 316 g/mol. The van der Waals surface area contributed by atoms with Gasteiger partial charge in [-0.15, -0.1) is 0 Å². The van der Waals surface area contributed by atoms with E-state index in [-0.39, 0.29) is 6.42 Å². The number of amides is 1. The van der Waals surface area contributed by atoms with E-state index in [0.717, 1.165) is 5.01 Å². The van der Waals surface area contributed by atoms with Crippen LogP contribution in [0.4, 0.5) is 0 Å². The third-order valence-corrected chi connectivity index (χ3v) is 3.87. The number of hydrazone groups is 1. The molecule has 0 bridgehead atoms. The highest BCUT2D eigenvalue weighted by Gasteiger charge is 2.45. The molecule has 2 heterocycles. The van der Waals surface area contributed by atoms with Gasteiger partial charge in [0.05, 0.1) is 10.6 Å². The molecule has 3 rings (SSSR count). The molecule has 0 saturated heterocycles. The molecule has 5 nitrogen and oxygen atoms in total. The van der Waals surface area contributed by atoms with Crippen molar-refractivity contribution in [3.8, 4) is 0 Å². The Morgan fingerprint density at radius 3 is 2.77 bits per heavy atom. The van der Waals surface area contributed by atoms with Gasteiger partial charge in [-0.25, -0.2) is 0 Å². The minimum atomic E-state index is -1.55. The lowest BCUT2D eigenvalue weighted by atomic mass is 9.99. The molecule has 1 aromatic heterocycles. The zero-order chi connectivity index (χ0) is 15.7. The van der Waals surface area contributed by atoms with Crippen molar-refractivity contribution in [1.82, 2.24) is 9.99 Å². The second-order valence-corrected chi connectivity index (χ2v) is 5.57. The van der Waals surface area contributed by atoms with Gasteiger partial charge in [0.2, 0.25) is 0 Å². The van der Waals surface area contributed by atoms with Gasteiger partial charge >= 0.3 is 0 Å². The van der Waals surface area contributed by atoms with Crippen molar-refractivity contribution in [1.29, 1.82) is 0 Å².